The van der Waals surface area contributed by atoms with Crippen LogP contribution in [0.25, 0.3) is 0 Å². The Morgan fingerprint density at radius 3 is 1.32 bits per heavy atom. The molecule has 0 radical (unpaired) electrons. The van der Waals surface area contributed by atoms with Crippen molar-refractivity contribution in [2.45, 2.75) is 148 Å². The molecular formula is C27H54KNO4S. The molecule has 0 N–H and O–H groups in total. The molecule has 0 bridgehead atoms. The number of hydrogen-bond acceptors (Lipinski definition) is 4. The first kappa shape index (κ1) is 37.2. The predicted molar refractivity (Wildman–Crippen MR) is 139 cm³/mol. The second kappa shape index (κ2) is 27.1. The average molecular weight is 528 g/mol. The van der Waals surface area contributed by atoms with Crippen LogP contribution in [0.5, 0.6) is 0 Å². The topological polar surface area (TPSA) is 77.5 Å². The van der Waals surface area contributed by atoms with Gasteiger partial charge in [-0.05, 0) is 19.3 Å². The van der Waals surface area contributed by atoms with Gasteiger partial charge in [0, 0.05) is 25.8 Å². The van der Waals surface area contributed by atoms with E-state index in [0.717, 1.165) is 12.8 Å². The monoisotopic (exact) mass is 527 g/mol. The van der Waals surface area contributed by atoms with Crippen LogP contribution >= 0.6 is 0 Å². The number of rotatable bonds is 25. The van der Waals surface area contributed by atoms with Gasteiger partial charge < -0.3 is 9.45 Å². The van der Waals surface area contributed by atoms with Gasteiger partial charge in [-0.25, -0.2) is 8.42 Å². The number of carbonyl (C=O) groups is 1. The number of nitrogens with zero attached hydrogens (tertiary/aromatic N) is 1. The fourth-order valence-corrected chi connectivity index (χ4v) is 4.86. The Balaban J connectivity index is 0. The zero-order valence-corrected chi connectivity index (χ0v) is 26.9. The van der Waals surface area contributed by atoms with Crippen LogP contribution in [0.2, 0.25) is 0 Å². The molecule has 0 saturated carbocycles. The smallest absolute Gasteiger partial charge is 0.748 e. The van der Waals surface area contributed by atoms with E-state index in [9.17, 15) is 17.8 Å². The third-order valence-electron chi connectivity index (χ3n) is 6.56. The maximum atomic E-state index is 12.1. The first-order valence-corrected chi connectivity index (χ1v) is 15.6. The molecule has 0 aromatic heterocycles. The van der Waals surface area contributed by atoms with Gasteiger partial charge in [0.1, 0.15) is 0 Å². The normalized spacial score (nSPS) is 11.4. The van der Waals surface area contributed by atoms with Crippen molar-refractivity contribution in [3.05, 3.63) is 0 Å². The van der Waals surface area contributed by atoms with Crippen LogP contribution in [-0.2, 0) is 14.9 Å². The van der Waals surface area contributed by atoms with Crippen molar-refractivity contribution in [2.75, 3.05) is 19.3 Å². The Morgan fingerprint density at radius 2 is 0.971 bits per heavy atom. The number of unbranched alkanes of at least 4 members (excludes halogenated alkanes) is 19. The largest absolute Gasteiger partial charge is 1.00 e. The van der Waals surface area contributed by atoms with Gasteiger partial charge in [0.05, 0.1) is 10.1 Å². The molecule has 0 unspecified atom stereocenters. The van der Waals surface area contributed by atoms with E-state index < -0.39 is 10.1 Å². The summed E-state index contributed by atoms with van der Waals surface area (Å²) in [5.41, 5.74) is 0. The van der Waals surface area contributed by atoms with Crippen molar-refractivity contribution < 1.29 is 69.1 Å². The van der Waals surface area contributed by atoms with E-state index in [1.54, 1.807) is 11.9 Å². The van der Waals surface area contributed by atoms with E-state index >= 15 is 0 Å². The first-order valence-electron chi connectivity index (χ1n) is 14.0. The van der Waals surface area contributed by atoms with Gasteiger partial charge in [-0.1, -0.05) is 122 Å². The van der Waals surface area contributed by atoms with Crippen molar-refractivity contribution in [1.29, 1.82) is 0 Å². The van der Waals surface area contributed by atoms with E-state index in [2.05, 4.69) is 6.92 Å². The minimum absolute atomic E-state index is 0. The molecule has 0 fully saturated rings. The molecule has 0 rings (SSSR count). The summed E-state index contributed by atoms with van der Waals surface area (Å²) in [7, 11) is -2.38. The minimum Gasteiger partial charge on any atom is -0.748 e. The molecule has 0 aliphatic carbocycles. The van der Waals surface area contributed by atoms with Crippen LogP contribution in [0.1, 0.15) is 148 Å². The fraction of sp³-hybridized carbons (Fsp3) is 0.963. The van der Waals surface area contributed by atoms with E-state index in [0.29, 0.717) is 25.8 Å². The van der Waals surface area contributed by atoms with Crippen molar-refractivity contribution >= 4 is 16.0 Å². The summed E-state index contributed by atoms with van der Waals surface area (Å²) in [5, 5.41) is 0. The van der Waals surface area contributed by atoms with Crippen molar-refractivity contribution in [3.63, 3.8) is 0 Å². The molecule has 0 saturated heterocycles. The summed E-state index contributed by atoms with van der Waals surface area (Å²) in [6.45, 7) is 2.80. The molecule has 0 spiro atoms. The van der Waals surface area contributed by atoms with E-state index in [4.69, 9.17) is 0 Å². The third-order valence-corrected chi connectivity index (χ3v) is 7.35. The van der Waals surface area contributed by atoms with Crippen LogP contribution in [0.3, 0.4) is 0 Å². The molecule has 0 aliphatic heterocycles. The van der Waals surface area contributed by atoms with Crippen molar-refractivity contribution in [2.24, 2.45) is 0 Å². The van der Waals surface area contributed by atoms with Gasteiger partial charge in [-0.15, -0.1) is 0 Å². The summed E-state index contributed by atoms with van der Waals surface area (Å²) >= 11 is 0. The Kier molecular flexibility index (Phi) is 29.6. The molecule has 198 valence electrons. The van der Waals surface area contributed by atoms with Gasteiger partial charge in [0.25, 0.3) is 0 Å². The number of hydrogen-bond donors (Lipinski definition) is 0. The number of carbonyl (C=O) groups excluding carboxylic acids is 1. The molecule has 0 aromatic carbocycles. The SMILES string of the molecule is CCCCCCCCCCCCCCCCCCCCCC(=O)N(C)CCCCS(=O)(=O)[O-].[K+]. The Hall–Kier alpha value is 1.02. The van der Waals surface area contributed by atoms with E-state index in [-0.39, 0.29) is 63.0 Å². The standard InChI is InChI=1S/C27H55NO4S.K/c1-3-4-5-6-7-8-9-10-11-12-13-14-15-16-17-18-19-20-21-24-27(29)28(2)25-22-23-26-33(30,31)32;/h3-26H2,1-2H3,(H,30,31,32);/q;+1/p-1. The molecular weight excluding hydrogens is 473 g/mol. The van der Waals surface area contributed by atoms with Gasteiger partial charge >= 0.3 is 51.4 Å². The molecule has 0 heterocycles. The fourth-order valence-electron chi connectivity index (χ4n) is 4.30. The second-order valence-corrected chi connectivity index (χ2v) is 11.4. The van der Waals surface area contributed by atoms with E-state index in [1.807, 2.05) is 0 Å². The maximum Gasteiger partial charge on any atom is 1.00 e. The summed E-state index contributed by atoms with van der Waals surface area (Å²) < 4.78 is 31.7. The van der Waals surface area contributed by atoms with Crippen LogP contribution in [-0.4, -0.2) is 43.1 Å². The van der Waals surface area contributed by atoms with Gasteiger partial charge in [0.2, 0.25) is 5.91 Å². The Labute approximate surface area is 255 Å². The molecule has 0 atom stereocenters. The van der Waals surface area contributed by atoms with Gasteiger partial charge in [0.15, 0.2) is 0 Å². The van der Waals surface area contributed by atoms with Crippen LogP contribution in [0, 0.1) is 0 Å². The van der Waals surface area contributed by atoms with E-state index in [1.165, 1.54) is 109 Å². The molecule has 34 heavy (non-hydrogen) atoms. The maximum absolute atomic E-state index is 12.1. The Bertz CT molecular complexity index is 543. The minimum atomic E-state index is -4.14. The van der Waals surface area contributed by atoms with Crippen molar-refractivity contribution in [1.82, 2.24) is 4.90 Å². The zero-order chi connectivity index (χ0) is 24.6. The molecule has 1 amide bonds. The quantitative estimate of drug-likeness (QED) is 0.0988. The summed E-state index contributed by atoms with van der Waals surface area (Å²) in [5.74, 6) is -0.221. The Morgan fingerprint density at radius 1 is 0.618 bits per heavy atom. The van der Waals surface area contributed by atoms with Crippen molar-refractivity contribution in [3.8, 4) is 0 Å². The molecule has 5 nitrogen and oxygen atoms in total. The van der Waals surface area contributed by atoms with Gasteiger partial charge in [-0.2, -0.15) is 0 Å². The van der Waals surface area contributed by atoms with Crippen LogP contribution < -0.4 is 51.4 Å². The predicted octanol–water partition coefficient (Wildman–Crippen LogP) is 4.60. The van der Waals surface area contributed by atoms with Crippen LogP contribution in [0.15, 0.2) is 0 Å². The average Bonchev–Trinajstić information content (AvgIpc) is 2.77. The molecule has 7 heteroatoms. The summed E-state index contributed by atoms with van der Waals surface area (Å²) in [4.78, 5) is 13.7. The molecule has 0 aromatic rings. The summed E-state index contributed by atoms with van der Waals surface area (Å²) in [6, 6.07) is 0. The first-order chi connectivity index (χ1) is 15.9. The van der Waals surface area contributed by atoms with Crippen LogP contribution in [0.4, 0.5) is 0 Å². The second-order valence-electron chi connectivity index (χ2n) is 9.90. The molecule has 0 aliphatic rings. The number of amides is 1. The van der Waals surface area contributed by atoms with Gasteiger partial charge in [-0.3, -0.25) is 4.79 Å². The summed E-state index contributed by atoms with van der Waals surface area (Å²) in [6.07, 6.45) is 27.0. The third kappa shape index (κ3) is 29.2. The zero-order valence-electron chi connectivity index (χ0n) is 23.0.